The van der Waals surface area contributed by atoms with Crippen molar-refractivity contribution in [3.8, 4) is 17.8 Å². The van der Waals surface area contributed by atoms with E-state index in [1.807, 2.05) is 0 Å². The molecule has 1 aromatic heterocycles. The molecule has 4 aromatic rings. The summed E-state index contributed by atoms with van der Waals surface area (Å²) in [6, 6.07) is 23.1. The molecule has 3 N–H and O–H groups in total. The molecule has 0 radical (unpaired) electrons. The minimum absolute atomic E-state index is 0.0717. The smallest absolute Gasteiger partial charge is 0.347 e. The molecule has 0 spiro atoms. The summed E-state index contributed by atoms with van der Waals surface area (Å²) in [4.78, 5) is 49.3. The van der Waals surface area contributed by atoms with Gasteiger partial charge in [-0.1, -0.05) is 78.9 Å². The van der Waals surface area contributed by atoms with Crippen molar-refractivity contribution in [2.45, 2.75) is 17.7 Å². The number of carbonyl (C=O) groups is 3. The number of nitrogens with zero attached hydrogens (tertiary/aromatic N) is 3. The molecule has 1 aliphatic heterocycles. The van der Waals surface area contributed by atoms with Crippen molar-refractivity contribution in [2.75, 3.05) is 25.7 Å². The van der Waals surface area contributed by atoms with Gasteiger partial charge < -0.3 is 24.4 Å². The summed E-state index contributed by atoms with van der Waals surface area (Å²) in [5.41, 5.74) is -0.458. The van der Waals surface area contributed by atoms with E-state index in [1.54, 1.807) is 84.9 Å². The zero-order valence-corrected chi connectivity index (χ0v) is 23.2. The van der Waals surface area contributed by atoms with Crippen molar-refractivity contribution >= 4 is 23.5 Å². The predicted molar refractivity (Wildman–Crippen MR) is 153 cm³/mol. The monoisotopic (exact) mass is 584 g/mol. The number of para-hydroxylation sites is 1. The highest BCUT2D eigenvalue weighted by atomic mass is 16.5. The molecule has 0 fully saturated rings. The van der Waals surface area contributed by atoms with Crippen molar-refractivity contribution < 1.29 is 38.8 Å². The number of hydrogen-bond donors (Lipinski definition) is 3. The van der Waals surface area contributed by atoms with Crippen LogP contribution in [0.5, 0.6) is 17.8 Å². The van der Waals surface area contributed by atoms with Crippen molar-refractivity contribution in [3.63, 3.8) is 0 Å². The SMILES string of the molecule is COc1cc(OC)nc(O[C@H](C(=O)O)[C@@]2(c3ccccc3)NCC(=O)N([C@@H](C(=O)O)c3ccccc3)c3ccccc32)n1. The Kier molecular flexibility index (Phi) is 8.21. The fraction of sp³-hybridized carbons (Fsp3) is 0.194. The van der Waals surface area contributed by atoms with E-state index in [0.29, 0.717) is 11.1 Å². The van der Waals surface area contributed by atoms with Gasteiger partial charge in [-0.25, -0.2) is 9.59 Å². The fourth-order valence-electron chi connectivity index (χ4n) is 5.29. The molecule has 1 aliphatic rings. The maximum Gasteiger partial charge on any atom is 0.347 e. The largest absolute Gasteiger partial charge is 0.481 e. The Morgan fingerprint density at radius 1 is 0.860 bits per heavy atom. The lowest BCUT2D eigenvalue weighted by atomic mass is 9.77. The number of carbonyl (C=O) groups excluding carboxylic acids is 1. The minimum Gasteiger partial charge on any atom is -0.481 e. The van der Waals surface area contributed by atoms with Crippen LogP contribution in [0.4, 0.5) is 5.69 Å². The quantitative estimate of drug-likeness (QED) is 0.251. The molecule has 3 atom stereocenters. The molecule has 12 nitrogen and oxygen atoms in total. The van der Waals surface area contributed by atoms with Crippen LogP contribution in [-0.2, 0) is 19.9 Å². The Hall–Kier alpha value is -5.49. The summed E-state index contributed by atoms with van der Waals surface area (Å²) in [5, 5.41) is 24.2. The average molecular weight is 585 g/mol. The lowest BCUT2D eigenvalue weighted by Gasteiger charge is -2.39. The number of carboxylic acid groups (broad SMARTS) is 2. The standard InChI is InChI=1S/C31H28N4O8/c1-41-23-17-24(42-2)34-30(33-23)43-27(29(39)40)31(20-13-7-4-8-14-20)21-15-9-10-16-22(21)35(25(36)18-32-31)26(28(37)38)19-11-5-3-6-12-19/h3-17,26-27,32H,18H2,1-2H3,(H,37,38)(H,39,40)/t26-,27-,31+/m1/s1. The van der Waals surface area contributed by atoms with Crippen LogP contribution in [0.3, 0.4) is 0 Å². The Bertz CT molecular complexity index is 1610. The zero-order chi connectivity index (χ0) is 30.6. The predicted octanol–water partition coefficient (Wildman–Crippen LogP) is 3.03. The molecule has 0 unspecified atom stereocenters. The number of methoxy groups -OCH3 is 2. The normalized spacial score (nSPS) is 17.6. The number of nitrogens with one attached hydrogen (secondary N) is 1. The number of fused-ring (bicyclic) bond motifs is 1. The average Bonchev–Trinajstić information content (AvgIpc) is 3.15. The van der Waals surface area contributed by atoms with Crippen LogP contribution in [0.1, 0.15) is 22.7 Å². The van der Waals surface area contributed by atoms with Crippen molar-refractivity contribution in [2.24, 2.45) is 0 Å². The molecular weight excluding hydrogens is 556 g/mol. The molecule has 0 saturated carbocycles. The molecule has 2 heterocycles. The van der Waals surface area contributed by atoms with Crippen molar-refractivity contribution in [3.05, 3.63) is 108 Å². The summed E-state index contributed by atoms with van der Waals surface area (Å²) in [5.74, 6) is -3.12. The molecule has 1 amide bonds. The van der Waals surface area contributed by atoms with Gasteiger partial charge in [0, 0.05) is 5.56 Å². The van der Waals surface area contributed by atoms with Gasteiger partial charge in [0.05, 0.1) is 32.5 Å². The molecule has 220 valence electrons. The van der Waals surface area contributed by atoms with Crippen molar-refractivity contribution in [1.29, 1.82) is 0 Å². The zero-order valence-electron chi connectivity index (χ0n) is 23.2. The van der Waals surface area contributed by atoms with E-state index in [9.17, 15) is 24.6 Å². The number of rotatable bonds is 10. The Labute approximate surface area is 246 Å². The number of benzene rings is 3. The van der Waals surface area contributed by atoms with Gasteiger partial charge in [0.2, 0.25) is 23.8 Å². The van der Waals surface area contributed by atoms with E-state index in [2.05, 4.69) is 15.3 Å². The van der Waals surface area contributed by atoms with Gasteiger partial charge in [-0.3, -0.25) is 15.0 Å². The van der Waals surface area contributed by atoms with E-state index < -0.39 is 42.1 Å². The summed E-state index contributed by atoms with van der Waals surface area (Å²) in [6.07, 6.45) is -1.78. The fourth-order valence-corrected chi connectivity index (χ4v) is 5.29. The summed E-state index contributed by atoms with van der Waals surface area (Å²) in [7, 11) is 2.75. The second-order valence-electron chi connectivity index (χ2n) is 9.53. The lowest BCUT2D eigenvalue weighted by Crippen LogP contribution is -2.58. The topological polar surface area (TPSA) is 160 Å². The highest BCUT2D eigenvalue weighted by molar-refractivity contribution is 6.02. The van der Waals surface area contributed by atoms with Crippen molar-refractivity contribution in [1.82, 2.24) is 15.3 Å². The highest BCUT2D eigenvalue weighted by Crippen LogP contribution is 2.44. The minimum atomic E-state index is -1.78. The van der Waals surface area contributed by atoms with E-state index in [1.165, 1.54) is 25.2 Å². The molecule has 0 saturated heterocycles. The Balaban J connectivity index is 1.77. The van der Waals surface area contributed by atoms with Gasteiger partial charge in [-0.15, -0.1) is 0 Å². The number of carboxylic acids is 2. The molecule has 3 aromatic carbocycles. The van der Waals surface area contributed by atoms with Gasteiger partial charge >= 0.3 is 17.9 Å². The summed E-state index contributed by atoms with van der Waals surface area (Å²) >= 11 is 0. The highest BCUT2D eigenvalue weighted by Gasteiger charge is 2.53. The van der Waals surface area contributed by atoms with Crippen LogP contribution >= 0.6 is 0 Å². The Morgan fingerprint density at radius 3 is 2.02 bits per heavy atom. The number of hydrogen-bond acceptors (Lipinski definition) is 9. The summed E-state index contributed by atoms with van der Waals surface area (Å²) < 4.78 is 16.5. The van der Waals surface area contributed by atoms with E-state index in [0.717, 1.165) is 0 Å². The number of aromatic nitrogens is 2. The Morgan fingerprint density at radius 2 is 1.44 bits per heavy atom. The van der Waals surface area contributed by atoms with Gasteiger partial charge in [0.25, 0.3) is 0 Å². The first-order valence-corrected chi connectivity index (χ1v) is 13.2. The molecule has 12 heteroatoms. The number of amides is 1. The van der Waals surface area contributed by atoms with Gasteiger partial charge in [0.15, 0.2) is 6.04 Å². The van der Waals surface area contributed by atoms with Crippen LogP contribution in [0.25, 0.3) is 0 Å². The van der Waals surface area contributed by atoms with E-state index in [-0.39, 0.29) is 29.0 Å². The first-order valence-electron chi connectivity index (χ1n) is 13.2. The number of aliphatic carboxylic acids is 2. The third-order valence-electron chi connectivity index (χ3n) is 7.13. The van der Waals surface area contributed by atoms with Gasteiger partial charge in [-0.05, 0) is 17.2 Å². The third kappa shape index (κ3) is 5.43. The summed E-state index contributed by atoms with van der Waals surface area (Å²) in [6.45, 7) is -0.435. The molecule has 43 heavy (non-hydrogen) atoms. The third-order valence-corrected chi connectivity index (χ3v) is 7.13. The van der Waals surface area contributed by atoms with Crippen LogP contribution < -0.4 is 24.4 Å². The number of anilines is 1. The van der Waals surface area contributed by atoms with Crippen LogP contribution in [0.15, 0.2) is 91.0 Å². The maximum absolute atomic E-state index is 13.9. The molecular formula is C31H28N4O8. The maximum atomic E-state index is 13.9. The second-order valence-corrected chi connectivity index (χ2v) is 9.53. The van der Waals surface area contributed by atoms with E-state index >= 15 is 0 Å². The van der Waals surface area contributed by atoms with Crippen LogP contribution in [0, 0.1) is 0 Å². The molecule has 0 bridgehead atoms. The lowest BCUT2D eigenvalue weighted by molar-refractivity contribution is -0.149. The first-order chi connectivity index (χ1) is 20.8. The second kappa shape index (κ2) is 12.2. The number of ether oxygens (including phenoxy) is 3. The van der Waals surface area contributed by atoms with Crippen LogP contribution in [0.2, 0.25) is 0 Å². The molecule has 0 aliphatic carbocycles. The first kappa shape index (κ1) is 29.0. The van der Waals surface area contributed by atoms with E-state index in [4.69, 9.17) is 14.2 Å². The molecule has 5 rings (SSSR count). The van der Waals surface area contributed by atoms with Gasteiger partial charge in [-0.2, -0.15) is 9.97 Å². The van der Waals surface area contributed by atoms with Gasteiger partial charge in [0.1, 0.15) is 5.54 Å². The van der Waals surface area contributed by atoms with Crippen LogP contribution in [-0.4, -0.2) is 64.9 Å².